The number of aryl methyl sites for hydroxylation is 1. The lowest BCUT2D eigenvalue weighted by Crippen LogP contribution is -2.46. The van der Waals surface area contributed by atoms with Gasteiger partial charge in [0.2, 0.25) is 0 Å². The van der Waals surface area contributed by atoms with Crippen molar-refractivity contribution in [3.63, 3.8) is 0 Å². The Morgan fingerprint density at radius 2 is 2.10 bits per heavy atom. The number of urea groups is 1. The molecule has 1 aromatic rings. The average Bonchev–Trinajstić information content (AvgIpc) is 2.43. The van der Waals surface area contributed by atoms with E-state index in [2.05, 4.69) is 10.3 Å². The Balaban J connectivity index is 1.88. The lowest BCUT2D eigenvalue weighted by molar-refractivity contribution is 0.158. The molecule has 0 aromatic carbocycles. The molecule has 0 radical (unpaired) electrons. The summed E-state index contributed by atoms with van der Waals surface area (Å²) >= 11 is 5.92. The van der Waals surface area contributed by atoms with Crippen LogP contribution in [-0.2, 0) is 0 Å². The molecule has 1 fully saturated rings. The zero-order valence-corrected chi connectivity index (χ0v) is 12.9. The molecule has 1 N–H and O–H groups in total. The summed E-state index contributed by atoms with van der Waals surface area (Å²) in [6, 6.07) is 2.48. The van der Waals surface area contributed by atoms with Crippen molar-refractivity contribution >= 4 is 23.3 Å². The second kappa shape index (κ2) is 6.31. The van der Waals surface area contributed by atoms with Crippen molar-refractivity contribution in [2.75, 3.05) is 32.5 Å². The molecular weight excluding hydrogens is 276 g/mol. The minimum absolute atomic E-state index is 0.0902. The molecule has 0 aliphatic carbocycles. The zero-order chi connectivity index (χ0) is 14.7. The Hall–Kier alpha value is -1.49. The van der Waals surface area contributed by atoms with Gasteiger partial charge in [0.1, 0.15) is 5.15 Å². The third-order valence-corrected chi connectivity index (χ3v) is 3.93. The zero-order valence-electron chi connectivity index (χ0n) is 12.2. The van der Waals surface area contributed by atoms with Gasteiger partial charge in [-0.2, -0.15) is 0 Å². The molecule has 1 aromatic heterocycles. The number of anilines is 1. The number of nitrogens with one attached hydrogen (secondary N) is 1. The van der Waals surface area contributed by atoms with E-state index in [4.69, 9.17) is 11.6 Å². The van der Waals surface area contributed by atoms with Crippen LogP contribution in [0.15, 0.2) is 12.3 Å². The van der Waals surface area contributed by atoms with Crippen molar-refractivity contribution < 1.29 is 4.79 Å². The lowest BCUT2D eigenvalue weighted by Gasteiger charge is -2.34. The number of carbonyl (C=O) groups excluding carboxylic acids is 1. The van der Waals surface area contributed by atoms with E-state index in [1.165, 1.54) is 0 Å². The van der Waals surface area contributed by atoms with E-state index < -0.39 is 0 Å². The van der Waals surface area contributed by atoms with Gasteiger partial charge < -0.3 is 15.1 Å². The van der Waals surface area contributed by atoms with Crippen molar-refractivity contribution in [3.05, 3.63) is 23.0 Å². The molecule has 20 heavy (non-hydrogen) atoms. The number of amides is 2. The van der Waals surface area contributed by atoms with Crippen LogP contribution in [0, 0.1) is 6.92 Å². The maximum absolute atomic E-state index is 11.9. The third-order valence-electron chi connectivity index (χ3n) is 3.53. The monoisotopic (exact) mass is 296 g/mol. The molecule has 1 aliphatic rings. The van der Waals surface area contributed by atoms with E-state index in [0.29, 0.717) is 11.2 Å². The molecule has 1 aliphatic heterocycles. The molecule has 6 heteroatoms. The van der Waals surface area contributed by atoms with Crippen LogP contribution in [0.3, 0.4) is 0 Å². The number of carbonyl (C=O) groups is 1. The second-order valence-electron chi connectivity index (χ2n) is 5.41. The number of piperidine rings is 1. The fourth-order valence-corrected chi connectivity index (χ4v) is 2.47. The van der Waals surface area contributed by atoms with Crippen molar-refractivity contribution in [1.29, 1.82) is 0 Å². The van der Waals surface area contributed by atoms with E-state index in [1.54, 1.807) is 25.2 Å². The van der Waals surface area contributed by atoms with Crippen LogP contribution in [0.1, 0.15) is 18.4 Å². The summed E-state index contributed by atoms with van der Waals surface area (Å²) in [5, 5.41) is 4.01. The summed E-state index contributed by atoms with van der Waals surface area (Å²) in [5.41, 5.74) is 1.96. The third kappa shape index (κ3) is 3.54. The SMILES string of the molecule is Cc1cc(NC2CCN(C(=O)N(C)C)CC2)cnc1Cl. The van der Waals surface area contributed by atoms with Gasteiger partial charge in [-0.25, -0.2) is 9.78 Å². The van der Waals surface area contributed by atoms with Crippen molar-refractivity contribution in [2.45, 2.75) is 25.8 Å². The van der Waals surface area contributed by atoms with Crippen LogP contribution in [0.5, 0.6) is 0 Å². The van der Waals surface area contributed by atoms with Gasteiger partial charge in [-0.05, 0) is 31.4 Å². The van der Waals surface area contributed by atoms with Crippen LogP contribution in [0.4, 0.5) is 10.5 Å². The number of halogens is 1. The van der Waals surface area contributed by atoms with Crippen molar-refractivity contribution in [1.82, 2.24) is 14.8 Å². The van der Waals surface area contributed by atoms with Gasteiger partial charge in [-0.3, -0.25) is 0 Å². The highest BCUT2D eigenvalue weighted by Crippen LogP contribution is 2.20. The maximum atomic E-state index is 11.9. The van der Waals surface area contributed by atoms with Gasteiger partial charge in [0.25, 0.3) is 0 Å². The predicted molar refractivity (Wildman–Crippen MR) is 81.3 cm³/mol. The summed E-state index contributed by atoms with van der Waals surface area (Å²) < 4.78 is 0. The number of hydrogen-bond donors (Lipinski definition) is 1. The highest BCUT2D eigenvalue weighted by atomic mass is 35.5. The molecule has 0 unspecified atom stereocenters. The molecule has 2 heterocycles. The summed E-state index contributed by atoms with van der Waals surface area (Å²) in [5.74, 6) is 0. The highest BCUT2D eigenvalue weighted by Gasteiger charge is 2.23. The van der Waals surface area contributed by atoms with E-state index >= 15 is 0 Å². The van der Waals surface area contributed by atoms with Gasteiger partial charge >= 0.3 is 6.03 Å². The summed E-state index contributed by atoms with van der Waals surface area (Å²) in [7, 11) is 3.57. The number of hydrogen-bond acceptors (Lipinski definition) is 3. The lowest BCUT2D eigenvalue weighted by atomic mass is 10.0. The number of rotatable bonds is 2. The largest absolute Gasteiger partial charge is 0.381 e. The minimum Gasteiger partial charge on any atom is -0.381 e. The Bertz CT molecular complexity index is 484. The summed E-state index contributed by atoms with van der Waals surface area (Å²) in [4.78, 5) is 19.5. The molecule has 0 bridgehead atoms. The molecule has 0 spiro atoms. The van der Waals surface area contributed by atoms with Crippen LogP contribution >= 0.6 is 11.6 Å². The topological polar surface area (TPSA) is 48.5 Å². The Labute approximate surface area is 124 Å². The Morgan fingerprint density at radius 1 is 1.45 bits per heavy atom. The smallest absolute Gasteiger partial charge is 0.319 e. The highest BCUT2D eigenvalue weighted by molar-refractivity contribution is 6.30. The summed E-state index contributed by atoms with van der Waals surface area (Å²) in [6.45, 7) is 3.52. The molecule has 110 valence electrons. The van der Waals surface area contributed by atoms with Crippen molar-refractivity contribution in [2.24, 2.45) is 0 Å². The van der Waals surface area contributed by atoms with Crippen LogP contribution in [-0.4, -0.2) is 54.0 Å². The average molecular weight is 297 g/mol. The molecule has 1 saturated heterocycles. The Morgan fingerprint density at radius 3 is 2.65 bits per heavy atom. The first-order chi connectivity index (χ1) is 9.47. The van der Waals surface area contributed by atoms with Gasteiger partial charge in [-0.1, -0.05) is 11.6 Å². The second-order valence-corrected chi connectivity index (χ2v) is 5.77. The molecule has 2 amide bonds. The van der Waals surface area contributed by atoms with Gasteiger partial charge in [-0.15, -0.1) is 0 Å². The van der Waals surface area contributed by atoms with E-state index in [9.17, 15) is 4.79 Å². The Kier molecular flexibility index (Phi) is 4.70. The predicted octanol–water partition coefficient (Wildman–Crippen LogP) is 2.60. The first-order valence-corrected chi connectivity index (χ1v) is 7.20. The van der Waals surface area contributed by atoms with Gasteiger partial charge in [0.05, 0.1) is 11.9 Å². The quantitative estimate of drug-likeness (QED) is 0.854. The number of aromatic nitrogens is 1. The fourth-order valence-electron chi connectivity index (χ4n) is 2.37. The molecular formula is C14H21ClN4O. The van der Waals surface area contributed by atoms with E-state index in [1.807, 2.05) is 17.9 Å². The van der Waals surface area contributed by atoms with E-state index in [0.717, 1.165) is 37.2 Å². The first kappa shape index (κ1) is 14.9. The standard InChI is InChI=1S/C14H21ClN4O/c1-10-8-12(9-16-13(10)15)17-11-4-6-19(7-5-11)14(20)18(2)3/h8-9,11,17H,4-7H2,1-3H3. The normalized spacial score (nSPS) is 16.1. The van der Waals surface area contributed by atoms with E-state index in [-0.39, 0.29) is 6.03 Å². The van der Waals surface area contributed by atoms with Crippen LogP contribution in [0.25, 0.3) is 0 Å². The number of likely N-dealkylation sites (tertiary alicyclic amines) is 1. The number of nitrogens with zero attached hydrogens (tertiary/aromatic N) is 3. The molecule has 0 saturated carbocycles. The van der Waals surface area contributed by atoms with Crippen LogP contribution in [0.2, 0.25) is 5.15 Å². The molecule has 0 atom stereocenters. The maximum Gasteiger partial charge on any atom is 0.319 e. The first-order valence-electron chi connectivity index (χ1n) is 6.82. The minimum atomic E-state index is 0.0902. The molecule has 2 rings (SSSR count). The van der Waals surface area contributed by atoms with Gasteiger partial charge in [0, 0.05) is 33.2 Å². The van der Waals surface area contributed by atoms with Crippen LogP contribution < -0.4 is 5.32 Å². The van der Waals surface area contributed by atoms with Gasteiger partial charge in [0.15, 0.2) is 0 Å². The number of pyridine rings is 1. The summed E-state index contributed by atoms with van der Waals surface area (Å²) in [6.07, 6.45) is 3.65. The van der Waals surface area contributed by atoms with Crippen molar-refractivity contribution in [3.8, 4) is 0 Å². The fraction of sp³-hybridized carbons (Fsp3) is 0.571. The molecule has 5 nitrogen and oxygen atoms in total.